The number of rotatable bonds is 3. The number of carbonyl (C=O) groups excluding carboxylic acids is 1. The molecule has 1 aliphatic rings. The van der Waals surface area contributed by atoms with Crippen LogP contribution in [0, 0.1) is 6.92 Å². The van der Waals surface area contributed by atoms with Crippen LogP contribution in [0.2, 0.25) is 0 Å². The Morgan fingerprint density at radius 3 is 2.65 bits per heavy atom. The lowest BCUT2D eigenvalue weighted by Crippen LogP contribution is -2.32. The maximum atomic E-state index is 13.1. The van der Waals surface area contributed by atoms with E-state index < -0.39 is 11.9 Å². The van der Waals surface area contributed by atoms with Crippen molar-refractivity contribution in [2.45, 2.75) is 44.6 Å². The summed E-state index contributed by atoms with van der Waals surface area (Å²) in [5, 5.41) is 3.10. The van der Waals surface area contributed by atoms with Crippen LogP contribution in [0.25, 0.3) is 0 Å². The molecule has 4 nitrogen and oxygen atoms in total. The average Bonchev–Trinajstić information content (AvgIpc) is 2.40. The van der Waals surface area contributed by atoms with Crippen LogP contribution in [0.1, 0.15) is 41.7 Å². The number of aryl methyl sites for hydroxylation is 1. The highest BCUT2D eigenvalue weighted by molar-refractivity contribution is 5.94. The minimum atomic E-state index is -2.57. The van der Waals surface area contributed by atoms with Crippen LogP contribution in [0.3, 0.4) is 0 Å². The van der Waals surface area contributed by atoms with Crippen molar-refractivity contribution >= 4 is 11.8 Å². The molecule has 0 spiro atoms. The lowest BCUT2D eigenvalue weighted by atomic mass is 9.92. The summed E-state index contributed by atoms with van der Waals surface area (Å²) in [5.74, 6) is -2.64. The number of anilines is 1. The number of hydrogen-bond acceptors (Lipinski definition) is 4. The van der Waals surface area contributed by atoms with Gasteiger partial charge in [0.25, 0.3) is 0 Å². The van der Waals surface area contributed by atoms with Crippen molar-refractivity contribution in [2.75, 3.05) is 12.4 Å². The molecule has 0 atom stereocenters. The third kappa shape index (κ3) is 3.43. The molecule has 0 unspecified atom stereocenters. The van der Waals surface area contributed by atoms with E-state index in [1.807, 2.05) is 0 Å². The lowest BCUT2D eigenvalue weighted by molar-refractivity contribution is -0.0361. The van der Waals surface area contributed by atoms with Gasteiger partial charge in [-0.1, -0.05) is 0 Å². The van der Waals surface area contributed by atoms with E-state index >= 15 is 0 Å². The van der Waals surface area contributed by atoms with E-state index in [0.717, 1.165) is 5.69 Å². The summed E-state index contributed by atoms with van der Waals surface area (Å²) in [6.45, 7) is 1.81. The van der Waals surface area contributed by atoms with Crippen LogP contribution in [-0.4, -0.2) is 30.0 Å². The highest BCUT2D eigenvalue weighted by Gasteiger charge is 2.35. The summed E-state index contributed by atoms with van der Waals surface area (Å²) in [6, 6.07) is 3.26. The van der Waals surface area contributed by atoms with Crippen molar-refractivity contribution in [1.29, 1.82) is 0 Å². The molecule has 20 heavy (non-hydrogen) atoms. The molecule has 1 fully saturated rings. The Morgan fingerprint density at radius 1 is 1.40 bits per heavy atom. The highest BCUT2D eigenvalue weighted by atomic mass is 19.3. The first-order valence-electron chi connectivity index (χ1n) is 6.61. The molecule has 0 amide bonds. The van der Waals surface area contributed by atoms with Crippen molar-refractivity contribution in [2.24, 2.45) is 0 Å². The molecule has 1 aliphatic carbocycles. The average molecular weight is 284 g/mol. The number of ether oxygens (including phenoxy) is 1. The van der Waals surface area contributed by atoms with Crippen LogP contribution < -0.4 is 5.32 Å². The number of nitrogens with zero attached hydrogens (tertiary/aromatic N) is 1. The van der Waals surface area contributed by atoms with Gasteiger partial charge in [-0.3, -0.25) is 0 Å². The maximum Gasteiger partial charge on any atom is 0.341 e. The summed E-state index contributed by atoms with van der Waals surface area (Å²) in [7, 11) is 1.30. The van der Waals surface area contributed by atoms with Gasteiger partial charge in [0.05, 0.1) is 7.11 Å². The minimum absolute atomic E-state index is 0.0904. The predicted octanol–water partition coefficient (Wildman–Crippen LogP) is 3.17. The van der Waals surface area contributed by atoms with E-state index in [9.17, 15) is 13.6 Å². The number of halogens is 2. The van der Waals surface area contributed by atoms with Gasteiger partial charge in [-0.15, -0.1) is 0 Å². The SMILES string of the molecule is COC(=O)c1ccc(C)nc1NC1CCC(F)(F)CC1. The largest absolute Gasteiger partial charge is 0.465 e. The summed E-state index contributed by atoms with van der Waals surface area (Å²) in [4.78, 5) is 15.9. The molecule has 6 heteroatoms. The molecular formula is C14H18F2N2O2. The molecule has 2 rings (SSSR count). The van der Waals surface area contributed by atoms with Crippen LogP contribution in [0.5, 0.6) is 0 Å². The Labute approximate surface area is 116 Å². The van der Waals surface area contributed by atoms with Crippen LogP contribution in [0.15, 0.2) is 12.1 Å². The number of alkyl halides is 2. The highest BCUT2D eigenvalue weighted by Crippen LogP contribution is 2.34. The molecule has 110 valence electrons. The number of aromatic nitrogens is 1. The zero-order valence-electron chi connectivity index (χ0n) is 11.6. The van der Waals surface area contributed by atoms with Crippen LogP contribution >= 0.6 is 0 Å². The second kappa shape index (κ2) is 5.73. The standard InChI is InChI=1S/C14H18F2N2O2/c1-9-3-4-11(13(19)20-2)12(17-9)18-10-5-7-14(15,16)8-6-10/h3-4,10H,5-8H2,1-2H3,(H,17,18). The predicted molar refractivity (Wildman–Crippen MR) is 71.1 cm³/mol. The van der Waals surface area contributed by atoms with Crippen molar-refractivity contribution in [3.05, 3.63) is 23.4 Å². The Balaban J connectivity index is 2.12. The van der Waals surface area contributed by atoms with E-state index in [4.69, 9.17) is 4.74 Å². The second-order valence-electron chi connectivity index (χ2n) is 5.11. The zero-order chi connectivity index (χ0) is 14.8. The van der Waals surface area contributed by atoms with E-state index in [-0.39, 0.29) is 18.9 Å². The van der Waals surface area contributed by atoms with Gasteiger partial charge in [0.15, 0.2) is 0 Å². The first kappa shape index (κ1) is 14.7. The molecule has 0 bridgehead atoms. The molecule has 0 aromatic carbocycles. The van der Waals surface area contributed by atoms with Crippen LogP contribution in [0.4, 0.5) is 14.6 Å². The molecule has 0 aliphatic heterocycles. The van der Waals surface area contributed by atoms with E-state index in [1.54, 1.807) is 19.1 Å². The van der Waals surface area contributed by atoms with Gasteiger partial charge in [0.2, 0.25) is 5.92 Å². The van der Waals surface area contributed by atoms with Gasteiger partial charge in [-0.2, -0.15) is 0 Å². The Kier molecular flexibility index (Phi) is 4.20. The molecule has 0 saturated heterocycles. The third-order valence-electron chi connectivity index (χ3n) is 3.50. The number of methoxy groups -OCH3 is 1. The summed E-state index contributed by atoms with van der Waals surface area (Å²) in [6.07, 6.45) is 0.459. The minimum Gasteiger partial charge on any atom is -0.465 e. The van der Waals surface area contributed by atoms with Gasteiger partial charge >= 0.3 is 5.97 Å². The van der Waals surface area contributed by atoms with Crippen molar-refractivity contribution in [3.63, 3.8) is 0 Å². The topological polar surface area (TPSA) is 51.2 Å². The Hall–Kier alpha value is -1.72. The van der Waals surface area contributed by atoms with Crippen molar-refractivity contribution in [1.82, 2.24) is 4.98 Å². The first-order chi connectivity index (χ1) is 9.41. The van der Waals surface area contributed by atoms with Crippen molar-refractivity contribution in [3.8, 4) is 0 Å². The summed E-state index contributed by atoms with van der Waals surface area (Å²) < 4.78 is 31.0. The smallest absolute Gasteiger partial charge is 0.341 e. The first-order valence-corrected chi connectivity index (χ1v) is 6.61. The maximum absolute atomic E-state index is 13.1. The molecule has 1 aromatic heterocycles. The van der Waals surface area contributed by atoms with Gasteiger partial charge < -0.3 is 10.1 Å². The number of carbonyl (C=O) groups is 1. The number of pyridine rings is 1. The molecule has 1 saturated carbocycles. The monoisotopic (exact) mass is 284 g/mol. The zero-order valence-corrected chi connectivity index (χ0v) is 11.6. The Bertz CT molecular complexity index is 496. The number of nitrogens with one attached hydrogen (secondary N) is 1. The second-order valence-corrected chi connectivity index (χ2v) is 5.11. The van der Waals surface area contributed by atoms with E-state index in [2.05, 4.69) is 10.3 Å². The molecule has 1 N–H and O–H groups in total. The number of esters is 1. The fourth-order valence-electron chi connectivity index (χ4n) is 2.32. The van der Waals surface area contributed by atoms with Gasteiger partial charge in [-0.25, -0.2) is 18.6 Å². The van der Waals surface area contributed by atoms with E-state index in [0.29, 0.717) is 24.2 Å². The van der Waals surface area contributed by atoms with E-state index in [1.165, 1.54) is 7.11 Å². The van der Waals surface area contributed by atoms with Crippen molar-refractivity contribution < 1.29 is 18.3 Å². The lowest BCUT2D eigenvalue weighted by Gasteiger charge is -2.29. The quantitative estimate of drug-likeness (QED) is 0.866. The summed E-state index contributed by atoms with van der Waals surface area (Å²) >= 11 is 0. The van der Waals surface area contributed by atoms with Crippen LogP contribution in [-0.2, 0) is 4.74 Å². The Morgan fingerprint density at radius 2 is 2.05 bits per heavy atom. The molecule has 0 radical (unpaired) electrons. The normalized spacial score (nSPS) is 18.6. The third-order valence-corrected chi connectivity index (χ3v) is 3.50. The van der Waals surface area contributed by atoms with Gasteiger partial charge in [0, 0.05) is 24.6 Å². The fourth-order valence-corrected chi connectivity index (χ4v) is 2.32. The van der Waals surface area contributed by atoms with Gasteiger partial charge in [0.1, 0.15) is 11.4 Å². The molecular weight excluding hydrogens is 266 g/mol. The number of hydrogen-bond donors (Lipinski definition) is 1. The summed E-state index contributed by atoms with van der Waals surface area (Å²) in [5.41, 5.74) is 1.08. The molecule has 1 aromatic rings. The fraction of sp³-hybridized carbons (Fsp3) is 0.571. The molecule has 1 heterocycles. The van der Waals surface area contributed by atoms with Gasteiger partial charge in [-0.05, 0) is 31.9 Å².